The van der Waals surface area contributed by atoms with Gasteiger partial charge in [-0.25, -0.2) is 0 Å². The lowest BCUT2D eigenvalue weighted by atomic mass is 9.93. The number of amides is 1. The van der Waals surface area contributed by atoms with Gasteiger partial charge in [0.25, 0.3) is 0 Å². The smallest absolute Gasteiger partial charge is 0.237 e. The molecule has 0 aromatic carbocycles. The highest BCUT2D eigenvalue weighted by atomic mass is 32.2. The second-order valence-corrected chi connectivity index (χ2v) is 5.43. The molecule has 0 rings (SSSR count). The zero-order valence-electron chi connectivity index (χ0n) is 10.3. The average Bonchev–Trinajstić information content (AvgIpc) is 2.11. The van der Waals surface area contributed by atoms with Crippen LogP contribution in [0.15, 0.2) is 0 Å². The van der Waals surface area contributed by atoms with Gasteiger partial charge < -0.3 is 11.1 Å². The first-order valence-electron chi connectivity index (χ1n) is 5.49. The van der Waals surface area contributed by atoms with Crippen molar-refractivity contribution in [2.24, 2.45) is 5.73 Å². The summed E-state index contributed by atoms with van der Waals surface area (Å²) in [5, 5.41) is 3.25. The fraction of sp³-hybridized carbons (Fsp3) is 0.909. The van der Waals surface area contributed by atoms with Gasteiger partial charge in [0.05, 0.1) is 5.54 Å². The molecule has 0 bridgehead atoms. The fourth-order valence-electron chi connectivity index (χ4n) is 1.63. The van der Waals surface area contributed by atoms with Crippen molar-refractivity contribution in [1.82, 2.24) is 5.32 Å². The molecule has 15 heavy (non-hydrogen) atoms. The van der Waals surface area contributed by atoms with Crippen LogP contribution in [-0.2, 0) is 4.79 Å². The van der Waals surface area contributed by atoms with Gasteiger partial charge in [0, 0.05) is 6.04 Å². The number of nitrogens with two attached hydrogens (primary N) is 1. The molecule has 0 aromatic heterocycles. The minimum absolute atomic E-state index is 0.250. The summed E-state index contributed by atoms with van der Waals surface area (Å²) in [5.74, 6) is 0.900. The molecule has 0 radical (unpaired) electrons. The standard InChI is InChI=1S/C11H24N2OS/c1-9(2)13-11(3,10(12)14)7-5-6-8-15-4/h9,13H,5-8H2,1-4H3,(H2,12,14). The maximum atomic E-state index is 11.4. The first-order chi connectivity index (χ1) is 6.92. The number of nitrogens with one attached hydrogen (secondary N) is 1. The Hall–Kier alpha value is -0.220. The molecule has 0 aliphatic heterocycles. The Morgan fingerprint density at radius 3 is 2.47 bits per heavy atom. The van der Waals surface area contributed by atoms with Crippen LogP contribution in [0.2, 0.25) is 0 Å². The van der Waals surface area contributed by atoms with E-state index < -0.39 is 5.54 Å². The van der Waals surface area contributed by atoms with Crippen molar-refractivity contribution >= 4 is 17.7 Å². The summed E-state index contributed by atoms with van der Waals surface area (Å²) < 4.78 is 0. The zero-order chi connectivity index (χ0) is 11.9. The lowest BCUT2D eigenvalue weighted by Gasteiger charge is -2.29. The number of hydrogen-bond acceptors (Lipinski definition) is 3. The van der Waals surface area contributed by atoms with Gasteiger partial charge in [0.15, 0.2) is 0 Å². The average molecular weight is 232 g/mol. The van der Waals surface area contributed by atoms with Gasteiger partial charge in [0.2, 0.25) is 5.91 Å². The summed E-state index contributed by atoms with van der Waals surface area (Å²) >= 11 is 1.84. The van der Waals surface area contributed by atoms with Crippen LogP contribution in [-0.4, -0.2) is 29.5 Å². The van der Waals surface area contributed by atoms with E-state index >= 15 is 0 Å². The quantitative estimate of drug-likeness (QED) is 0.627. The Bertz CT molecular complexity index is 197. The normalized spacial score (nSPS) is 15.3. The molecule has 3 nitrogen and oxygen atoms in total. The monoisotopic (exact) mass is 232 g/mol. The van der Waals surface area contributed by atoms with E-state index in [0.29, 0.717) is 0 Å². The third-order valence-corrected chi connectivity index (χ3v) is 3.12. The number of carbonyl (C=O) groups excluding carboxylic acids is 1. The second kappa shape index (κ2) is 7.12. The molecule has 1 atom stereocenters. The maximum Gasteiger partial charge on any atom is 0.237 e. The number of unbranched alkanes of at least 4 members (excludes halogenated alkanes) is 1. The van der Waals surface area contributed by atoms with E-state index in [-0.39, 0.29) is 11.9 Å². The van der Waals surface area contributed by atoms with Gasteiger partial charge in [0.1, 0.15) is 0 Å². The minimum Gasteiger partial charge on any atom is -0.368 e. The van der Waals surface area contributed by atoms with Gasteiger partial charge in [-0.15, -0.1) is 0 Å². The summed E-state index contributed by atoms with van der Waals surface area (Å²) in [6.07, 6.45) is 5.10. The number of carbonyl (C=O) groups is 1. The third-order valence-electron chi connectivity index (χ3n) is 2.43. The van der Waals surface area contributed by atoms with Gasteiger partial charge in [-0.05, 0) is 45.6 Å². The topological polar surface area (TPSA) is 55.1 Å². The van der Waals surface area contributed by atoms with Crippen molar-refractivity contribution < 1.29 is 4.79 Å². The van der Waals surface area contributed by atoms with Gasteiger partial charge in [-0.1, -0.05) is 6.42 Å². The highest BCUT2D eigenvalue weighted by Gasteiger charge is 2.30. The lowest BCUT2D eigenvalue weighted by molar-refractivity contribution is -0.124. The highest BCUT2D eigenvalue weighted by Crippen LogP contribution is 2.15. The Kier molecular flexibility index (Phi) is 7.02. The van der Waals surface area contributed by atoms with E-state index in [1.165, 1.54) is 0 Å². The van der Waals surface area contributed by atoms with Crippen LogP contribution < -0.4 is 11.1 Å². The molecule has 1 unspecified atom stereocenters. The molecule has 4 heteroatoms. The van der Waals surface area contributed by atoms with Crippen molar-refractivity contribution in [3.63, 3.8) is 0 Å². The third kappa shape index (κ3) is 6.05. The molecule has 0 saturated heterocycles. The molecule has 0 aliphatic carbocycles. The summed E-state index contributed by atoms with van der Waals surface area (Å²) in [6.45, 7) is 5.96. The highest BCUT2D eigenvalue weighted by molar-refractivity contribution is 7.98. The van der Waals surface area contributed by atoms with Crippen molar-refractivity contribution in [1.29, 1.82) is 0 Å². The van der Waals surface area contributed by atoms with E-state index in [4.69, 9.17) is 5.73 Å². The molecule has 0 aliphatic rings. The summed E-state index contributed by atoms with van der Waals surface area (Å²) in [4.78, 5) is 11.4. The van der Waals surface area contributed by atoms with Crippen LogP contribution in [0.25, 0.3) is 0 Å². The Morgan fingerprint density at radius 1 is 1.47 bits per heavy atom. The van der Waals surface area contributed by atoms with Crippen LogP contribution >= 0.6 is 11.8 Å². The van der Waals surface area contributed by atoms with Crippen LogP contribution in [0.5, 0.6) is 0 Å². The van der Waals surface area contributed by atoms with Crippen LogP contribution in [0.4, 0.5) is 0 Å². The molecule has 0 saturated carbocycles. The molecular formula is C11H24N2OS. The van der Waals surface area contributed by atoms with Crippen LogP contribution in [0, 0.1) is 0 Å². The van der Waals surface area contributed by atoms with Crippen LogP contribution in [0.3, 0.4) is 0 Å². The Morgan fingerprint density at radius 2 is 2.07 bits per heavy atom. The van der Waals surface area contributed by atoms with Crippen molar-refractivity contribution in [2.45, 2.75) is 51.6 Å². The van der Waals surface area contributed by atoms with E-state index in [1.807, 2.05) is 32.5 Å². The lowest BCUT2D eigenvalue weighted by Crippen LogP contribution is -2.55. The maximum absolute atomic E-state index is 11.4. The summed E-state index contributed by atoms with van der Waals surface area (Å²) in [6, 6.07) is 0.281. The first-order valence-corrected chi connectivity index (χ1v) is 6.88. The van der Waals surface area contributed by atoms with Crippen molar-refractivity contribution in [3.05, 3.63) is 0 Å². The van der Waals surface area contributed by atoms with Crippen LogP contribution in [0.1, 0.15) is 40.0 Å². The van der Waals surface area contributed by atoms with Crippen molar-refractivity contribution in [2.75, 3.05) is 12.0 Å². The van der Waals surface area contributed by atoms with Gasteiger partial charge >= 0.3 is 0 Å². The molecule has 1 amide bonds. The predicted octanol–water partition coefficient (Wildman–Crippen LogP) is 1.76. The Balaban J connectivity index is 4.08. The summed E-state index contributed by atoms with van der Waals surface area (Å²) in [7, 11) is 0. The number of thioether (sulfide) groups is 1. The van der Waals surface area contributed by atoms with Gasteiger partial charge in [-0.2, -0.15) is 11.8 Å². The second-order valence-electron chi connectivity index (χ2n) is 4.45. The predicted molar refractivity (Wildman–Crippen MR) is 68.1 cm³/mol. The Labute approximate surface area is 97.6 Å². The van der Waals surface area contributed by atoms with E-state index in [0.717, 1.165) is 25.0 Å². The number of hydrogen-bond donors (Lipinski definition) is 2. The van der Waals surface area contributed by atoms with E-state index in [2.05, 4.69) is 11.6 Å². The SMILES string of the molecule is CSCCCCC(C)(NC(C)C)C(N)=O. The first kappa shape index (κ1) is 14.8. The summed E-state index contributed by atoms with van der Waals surface area (Å²) in [5.41, 5.74) is 4.88. The minimum atomic E-state index is -0.549. The fourth-order valence-corrected chi connectivity index (χ4v) is 2.12. The molecule has 90 valence electrons. The van der Waals surface area contributed by atoms with E-state index in [1.54, 1.807) is 0 Å². The molecule has 0 spiro atoms. The molecule has 3 N–H and O–H groups in total. The van der Waals surface area contributed by atoms with Gasteiger partial charge in [-0.3, -0.25) is 4.79 Å². The molecular weight excluding hydrogens is 208 g/mol. The van der Waals surface area contributed by atoms with Crippen molar-refractivity contribution in [3.8, 4) is 0 Å². The number of primary amides is 1. The molecule has 0 fully saturated rings. The molecule has 0 aromatic rings. The zero-order valence-corrected chi connectivity index (χ0v) is 11.1. The largest absolute Gasteiger partial charge is 0.368 e. The van der Waals surface area contributed by atoms with E-state index in [9.17, 15) is 4.79 Å². The number of rotatable bonds is 8. The molecule has 0 heterocycles.